The van der Waals surface area contributed by atoms with Crippen molar-refractivity contribution in [3.63, 3.8) is 0 Å². The molecule has 0 saturated heterocycles. The lowest BCUT2D eigenvalue weighted by molar-refractivity contribution is 0.482. The number of hydrogen-bond acceptors (Lipinski definition) is 1. The Morgan fingerprint density at radius 1 is 0.765 bits per heavy atom. The van der Waals surface area contributed by atoms with Gasteiger partial charge in [0.25, 0.3) is 0 Å². The van der Waals surface area contributed by atoms with Gasteiger partial charge in [-0.2, -0.15) is 0 Å². The fraction of sp³-hybridized carbons (Fsp3) is 0.143. The molecule has 1 nitrogen and oxygen atoms in total. The summed E-state index contributed by atoms with van der Waals surface area (Å²) in [5, 5.41) is 1.48. The lowest BCUT2D eigenvalue weighted by Crippen LogP contribution is -1.86. The molecule has 0 aliphatic heterocycles. The Bertz CT molecular complexity index is 500. The van der Waals surface area contributed by atoms with Crippen LogP contribution in [0.25, 0.3) is 0 Å². The highest BCUT2D eigenvalue weighted by molar-refractivity contribution is 6.31. The van der Waals surface area contributed by atoms with Crippen molar-refractivity contribution >= 4 is 23.2 Å². The standard InChI is InChI=1S/C14H12Cl2O/c1-9-7-11(3-5-13(9)15)17-12-4-6-14(16)10(2)8-12/h3-8H,1-2H3. The molecule has 0 heterocycles. The van der Waals surface area contributed by atoms with Crippen molar-refractivity contribution in [3.8, 4) is 11.5 Å². The van der Waals surface area contributed by atoms with E-state index in [4.69, 9.17) is 27.9 Å². The molecular formula is C14H12Cl2O. The molecule has 2 aromatic carbocycles. The summed E-state index contributed by atoms with van der Waals surface area (Å²) in [5.74, 6) is 1.54. The van der Waals surface area contributed by atoms with Crippen LogP contribution in [-0.4, -0.2) is 0 Å². The first-order valence-electron chi connectivity index (χ1n) is 5.26. The van der Waals surface area contributed by atoms with Crippen molar-refractivity contribution in [1.29, 1.82) is 0 Å². The second-order valence-electron chi connectivity index (χ2n) is 3.92. The van der Waals surface area contributed by atoms with Crippen molar-refractivity contribution < 1.29 is 4.74 Å². The minimum atomic E-state index is 0.740. The summed E-state index contributed by atoms with van der Waals surface area (Å²) >= 11 is 11.9. The zero-order valence-corrected chi connectivity index (χ0v) is 11.1. The molecule has 88 valence electrons. The van der Waals surface area contributed by atoms with Crippen LogP contribution in [0.3, 0.4) is 0 Å². The highest BCUT2D eigenvalue weighted by Gasteiger charge is 2.02. The molecule has 0 fully saturated rings. The van der Waals surface area contributed by atoms with E-state index in [9.17, 15) is 0 Å². The molecule has 0 aromatic heterocycles. The average molecular weight is 267 g/mol. The van der Waals surface area contributed by atoms with Gasteiger partial charge in [0.05, 0.1) is 0 Å². The zero-order chi connectivity index (χ0) is 12.4. The maximum absolute atomic E-state index is 5.96. The van der Waals surface area contributed by atoms with Gasteiger partial charge in [-0.15, -0.1) is 0 Å². The van der Waals surface area contributed by atoms with E-state index in [1.807, 2.05) is 50.2 Å². The number of rotatable bonds is 2. The SMILES string of the molecule is Cc1cc(Oc2ccc(Cl)c(C)c2)ccc1Cl. The second kappa shape index (κ2) is 4.99. The van der Waals surface area contributed by atoms with Crippen molar-refractivity contribution in [2.24, 2.45) is 0 Å². The van der Waals surface area contributed by atoms with Crippen LogP contribution < -0.4 is 4.74 Å². The first-order valence-corrected chi connectivity index (χ1v) is 6.02. The fourth-order valence-electron chi connectivity index (χ4n) is 1.50. The Labute approximate surface area is 111 Å². The lowest BCUT2D eigenvalue weighted by atomic mass is 10.2. The maximum Gasteiger partial charge on any atom is 0.127 e. The molecule has 17 heavy (non-hydrogen) atoms. The molecule has 0 unspecified atom stereocenters. The van der Waals surface area contributed by atoms with Gasteiger partial charge in [0.15, 0.2) is 0 Å². The summed E-state index contributed by atoms with van der Waals surface area (Å²) in [5.41, 5.74) is 1.99. The summed E-state index contributed by atoms with van der Waals surface area (Å²) in [6.07, 6.45) is 0. The molecule has 0 N–H and O–H groups in total. The smallest absolute Gasteiger partial charge is 0.127 e. The molecule has 2 aromatic rings. The van der Waals surface area contributed by atoms with Gasteiger partial charge in [-0.25, -0.2) is 0 Å². The third kappa shape index (κ3) is 2.93. The van der Waals surface area contributed by atoms with Crippen LogP contribution in [-0.2, 0) is 0 Å². The lowest BCUT2D eigenvalue weighted by Gasteiger charge is -2.08. The average Bonchev–Trinajstić information content (AvgIpc) is 2.29. The molecule has 0 aliphatic carbocycles. The zero-order valence-electron chi connectivity index (χ0n) is 9.63. The summed E-state index contributed by atoms with van der Waals surface area (Å²) < 4.78 is 5.73. The van der Waals surface area contributed by atoms with E-state index in [1.54, 1.807) is 0 Å². The third-order valence-corrected chi connectivity index (χ3v) is 3.34. The van der Waals surface area contributed by atoms with Crippen molar-refractivity contribution in [2.45, 2.75) is 13.8 Å². The Kier molecular flexibility index (Phi) is 3.60. The minimum Gasteiger partial charge on any atom is -0.457 e. The number of ether oxygens (including phenoxy) is 1. The minimum absolute atomic E-state index is 0.740. The maximum atomic E-state index is 5.96. The number of benzene rings is 2. The van der Waals surface area contributed by atoms with Gasteiger partial charge >= 0.3 is 0 Å². The number of halogens is 2. The van der Waals surface area contributed by atoms with Crippen molar-refractivity contribution in [2.75, 3.05) is 0 Å². The normalized spacial score (nSPS) is 10.4. The van der Waals surface area contributed by atoms with Crippen LogP contribution in [0.5, 0.6) is 11.5 Å². The molecule has 0 saturated carbocycles. The molecule has 0 radical (unpaired) electrons. The van der Waals surface area contributed by atoms with Crippen LogP contribution in [0.1, 0.15) is 11.1 Å². The molecule has 0 spiro atoms. The number of hydrogen-bond donors (Lipinski definition) is 0. The fourth-order valence-corrected chi connectivity index (χ4v) is 1.73. The predicted molar refractivity (Wildman–Crippen MR) is 72.5 cm³/mol. The van der Waals surface area contributed by atoms with Crippen LogP contribution in [0.15, 0.2) is 36.4 Å². The van der Waals surface area contributed by atoms with Gasteiger partial charge in [-0.05, 0) is 61.4 Å². The van der Waals surface area contributed by atoms with Gasteiger partial charge in [0.2, 0.25) is 0 Å². The van der Waals surface area contributed by atoms with E-state index in [0.717, 1.165) is 32.7 Å². The third-order valence-electron chi connectivity index (χ3n) is 2.49. The molecular weight excluding hydrogens is 255 g/mol. The van der Waals surface area contributed by atoms with E-state index < -0.39 is 0 Å². The highest BCUT2D eigenvalue weighted by Crippen LogP contribution is 2.28. The summed E-state index contributed by atoms with van der Waals surface area (Å²) in [7, 11) is 0. The predicted octanol–water partition coefficient (Wildman–Crippen LogP) is 5.40. The van der Waals surface area contributed by atoms with E-state index >= 15 is 0 Å². The van der Waals surface area contributed by atoms with E-state index in [1.165, 1.54) is 0 Å². The molecule has 0 atom stereocenters. The van der Waals surface area contributed by atoms with Gasteiger partial charge in [-0.1, -0.05) is 23.2 Å². The van der Waals surface area contributed by atoms with Crippen molar-refractivity contribution in [3.05, 3.63) is 57.6 Å². The van der Waals surface area contributed by atoms with Gasteiger partial charge in [0, 0.05) is 10.0 Å². The van der Waals surface area contributed by atoms with E-state index in [-0.39, 0.29) is 0 Å². The summed E-state index contributed by atoms with van der Waals surface area (Å²) in [4.78, 5) is 0. The molecule has 3 heteroatoms. The van der Waals surface area contributed by atoms with Crippen LogP contribution >= 0.6 is 23.2 Å². The van der Waals surface area contributed by atoms with E-state index in [0.29, 0.717) is 0 Å². The van der Waals surface area contributed by atoms with E-state index in [2.05, 4.69) is 0 Å². The topological polar surface area (TPSA) is 9.23 Å². The summed E-state index contributed by atoms with van der Waals surface area (Å²) in [6.45, 7) is 3.89. The molecule has 0 aliphatic rings. The Morgan fingerprint density at radius 3 is 1.53 bits per heavy atom. The highest BCUT2D eigenvalue weighted by atomic mass is 35.5. The monoisotopic (exact) mass is 266 g/mol. The van der Waals surface area contributed by atoms with Gasteiger partial charge in [0.1, 0.15) is 11.5 Å². The first-order chi connectivity index (χ1) is 8.06. The van der Waals surface area contributed by atoms with Gasteiger partial charge < -0.3 is 4.74 Å². The first kappa shape index (κ1) is 12.3. The largest absolute Gasteiger partial charge is 0.457 e. The van der Waals surface area contributed by atoms with Crippen LogP contribution in [0, 0.1) is 13.8 Å². The quantitative estimate of drug-likeness (QED) is 0.707. The van der Waals surface area contributed by atoms with Crippen LogP contribution in [0.4, 0.5) is 0 Å². The Hall–Kier alpha value is -1.18. The van der Waals surface area contributed by atoms with Crippen molar-refractivity contribution in [1.82, 2.24) is 0 Å². The molecule has 0 bridgehead atoms. The second-order valence-corrected chi connectivity index (χ2v) is 4.74. The van der Waals surface area contributed by atoms with Gasteiger partial charge in [-0.3, -0.25) is 0 Å². The Morgan fingerprint density at radius 2 is 1.18 bits per heavy atom. The number of aryl methyl sites for hydroxylation is 2. The molecule has 2 rings (SSSR count). The summed E-state index contributed by atoms with van der Waals surface area (Å²) in [6, 6.07) is 11.2. The van der Waals surface area contributed by atoms with Crippen LogP contribution in [0.2, 0.25) is 10.0 Å². The Balaban J connectivity index is 2.25. The molecule has 0 amide bonds.